The molecule has 0 unspecified atom stereocenters. The summed E-state index contributed by atoms with van der Waals surface area (Å²) in [5.74, 6) is -0.0644. The molecule has 3 aromatic carbocycles. The van der Waals surface area contributed by atoms with E-state index in [1.54, 1.807) is 29.5 Å². The number of para-hydroxylation sites is 1. The van der Waals surface area contributed by atoms with E-state index in [0.717, 1.165) is 41.5 Å². The van der Waals surface area contributed by atoms with Gasteiger partial charge in [0.25, 0.3) is 0 Å². The fraction of sp³-hybridized carbons (Fsp3) is 0.167. The molecule has 1 aliphatic rings. The minimum absolute atomic E-state index is 0.262. The standard InChI is InChI=1S/C24H19Cl2N3O2S/c25-16-6-8-19(20(26)14-16)23(30)31-18-7-9-21-22(15-18)32-24(27-21)29-12-10-28(11-13-29)17-4-2-1-3-5-17/h1-9,14-15H,10-13H2. The molecular weight excluding hydrogens is 465 g/mol. The van der Waals surface area contributed by atoms with E-state index in [1.165, 1.54) is 11.8 Å². The molecule has 0 aliphatic carbocycles. The number of piperazine rings is 1. The van der Waals surface area contributed by atoms with Crippen LogP contribution in [0.1, 0.15) is 10.4 Å². The number of rotatable bonds is 4. The third kappa shape index (κ3) is 4.39. The molecule has 0 radical (unpaired) electrons. The number of carbonyl (C=O) groups excluding carboxylic acids is 1. The summed E-state index contributed by atoms with van der Waals surface area (Å²) in [4.78, 5) is 22.0. The summed E-state index contributed by atoms with van der Waals surface area (Å²) in [5.41, 5.74) is 2.42. The number of esters is 1. The monoisotopic (exact) mass is 483 g/mol. The van der Waals surface area contributed by atoms with Crippen molar-refractivity contribution in [2.75, 3.05) is 36.0 Å². The lowest BCUT2D eigenvalue weighted by molar-refractivity contribution is 0.0735. The maximum atomic E-state index is 12.5. The van der Waals surface area contributed by atoms with E-state index in [2.05, 4.69) is 34.1 Å². The second-order valence-corrected chi connectivity index (χ2v) is 9.30. The predicted molar refractivity (Wildman–Crippen MR) is 132 cm³/mol. The van der Waals surface area contributed by atoms with E-state index in [1.807, 2.05) is 18.2 Å². The summed E-state index contributed by atoms with van der Waals surface area (Å²) in [5, 5.41) is 1.71. The first kappa shape index (κ1) is 21.1. The zero-order chi connectivity index (χ0) is 22.1. The number of carbonyl (C=O) groups is 1. The largest absolute Gasteiger partial charge is 0.423 e. The highest BCUT2D eigenvalue weighted by molar-refractivity contribution is 7.22. The summed E-state index contributed by atoms with van der Waals surface area (Å²) < 4.78 is 6.51. The third-order valence-electron chi connectivity index (χ3n) is 5.38. The van der Waals surface area contributed by atoms with Crippen molar-refractivity contribution in [1.29, 1.82) is 0 Å². The average Bonchev–Trinajstić information content (AvgIpc) is 3.23. The highest BCUT2D eigenvalue weighted by atomic mass is 35.5. The molecule has 5 rings (SSSR count). The molecule has 0 spiro atoms. The van der Waals surface area contributed by atoms with Crippen molar-refractivity contribution in [3.05, 3.63) is 82.3 Å². The van der Waals surface area contributed by atoms with E-state index in [-0.39, 0.29) is 10.6 Å². The summed E-state index contributed by atoms with van der Waals surface area (Å²) in [6, 6.07) is 20.6. The Morgan fingerprint density at radius 3 is 2.41 bits per heavy atom. The number of thiazole rings is 1. The summed E-state index contributed by atoms with van der Waals surface area (Å²) in [7, 11) is 0. The van der Waals surface area contributed by atoms with Crippen molar-refractivity contribution in [2.24, 2.45) is 0 Å². The number of nitrogens with zero attached hydrogens (tertiary/aromatic N) is 3. The van der Waals surface area contributed by atoms with Crippen LogP contribution >= 0.6 is 34.5 Å². The number of benzene rings is 3. The minimum Gasteiger partial charge on any atom is -0.423 e. The van der Waals surface area contributed by atoms with Crippen molar-refractivity contribution in [3.63, 3.8) is 0 Å². The van der Waals surface area contributed by atoms with Gasteiger partial charge in [-0.3, -0.25) is 0 Å². The van der Waals surface area contributed by atoms with Gasteiger partial charge in [0, 0.05) is 43.0 Å². The summed E-state index contributed by atoms with van der Waals surface area (Å²) >= 11 is 13.6. The second-order valence-electron chi connectivity index (χ2n) is 7.45. The molecule has 0 bridgehead atoms. The fourth-order valence-corrected chi connectivity index (χ4v) is 5.23. The highest BCUT2D eigenvalue weighted by Crippen LogP contribution is 2.33. The number of hydrogen-bond acceptors (Lipinski definition) is 6. The van der Waals surface area contributed by atoms with Gasteiger partial charge in [-0.2, -0.15) is 0 Å². The Bertz CT molecular complexity index is 1270. The van der Waals surface area contributed by atoms with Crippen LogP contribution in [-0.2, 0) is 0 Å². The molecular formula is C24H19Cl2N3O2S. The molecule has 8 heteroatoms. The predicted octanol–water partition coefficient (Wildman–Crippen LogP) is 6.15. The summed E-state index contributed by atoms with van der Waals surface area (Å²) in [6.45, 7) is 3.71. The van der Waals surface area contributed by atoms with Gasteiger partial charge in [-0.05, 0) is 42.5 Å². The lowest BCUT2D eigenvalue weighted by Crippen LogP contribution is -2.46. The van der Waals surface area contributed by atoms with Gasteiger partial charge in [-0.15, -0.1) is 0 Å². The Balaban J connectivity index is 1.29. The molecule has 162 valence electrons. The zero-order valence-corrected chi connectivity index (χ0v) is 19.3. The van der Waals surface area contributed by atoms with Gasteiger partial charge in [-0.1, -0.05) is 52.7 Å². The lowest BCUT2D eigenvalue weighted by atomic mass is 10.2. The molecule has 0 atom stereocenters. The van der Waals surface area contributed by atoms with Crippen molar-refractivity contribution >= 4 is 61.5 Å². The van der Waals surface area contributed by atoms with Crippen LogP contribution in [0, 0.1) is 0 Å². The van der Waals surface area contributed by atoms with Gasteiger partial charge in [0.05, 0.1) is 20.8 Å². The highest BCUT2D eigenvalue weighted by Gasteiger charge is 2.20. The van der Waals surface area contributed by atoms with Gasteiger partial charge in [0.15, 0.2) is 5.13 Å². The van der Waals surface area contributed by atoms with Crippen LogP contribution in [0.25, 0.3) is 10.2 Å². The average molecular weight is 484 g/mol. The first-order chi connectivity index (χ1) is 15.6. The molecule has 1 aliphatic heterocycles. The summed E-state index contributed by atoms with van der Waals surface area (Å²) in [6.07, 6.45) is 0. The van der Waals surface area contributed by atoms with Gasteiger partial charge in [0.1, 0.15) is 5.75 Å². The van der Waals surface area contributed by atoms with E-state index in [9.17, 15) is 4.79 Å². The maximum absolute atomic E-state index is 12.5. The Morgan fingerprint density at radius 1 is 0.906 bits per heavy atom. The molecule has 0 amide bonds. The van der Waals surface area contributed by atoms with Gasteiger partial charge < -0.3 is 14.5 Å². The lowest BCUT2D eigenvalue weighted by Gasteiger charge is -2.35. The molecule has 5 nitrogen and oxygen atoms in total. The molecule has 4 aromatic rings. The number of anilines is 2. The van der Waals surface area contributed by atoms with Crippen molar-refractivity contribution in [1.82, 2.24) is 4.98 Å². The Morgan fingerprint density at radius 2 is 1.66 bits per heavy atom. The normalized spacial score (nSPS) is 14.1. The molecule has 0 saturated carbocycles. The molecule has 1 aromatic heterocycles. The quantitative estimate of drug-likeness (QED) is 0.257. The molecule has 0 N–H and O–H groups in total. The third-order valence-corrected chi connectivity index (χ3v) is 7.01. The number of aromatic nitrogens is 1. The van der Waals surface area contributed by atoms with E-state index < -0.39 is 5.97 Å². The SMILES string of the molecule is O=C(Oc1ccc2nc(N3CCN(c4ccccc4)CC3)sc2c1)c1ccc(Cl)cc1Cl. The van der Waals surface area contributed by atoms with Crippen molar-refractivity contribution < 1.29 is 9.53 Å². The minimum atomic E-state index is -0.521. The number of fused-ring (bicyclic) bond motifs is 1. The molecule has 32 heavy (non-hydrogen) atoms. The van der Waals surface area contributed by atoms with E-state index >= 15 is 0 Å². The topological polar surface area (TPSA) is 45.7 Å². The first-order valence-corrected chi connectivity index (χ1v) is 11.8. The smallest absolute Gasteiger partial charge is 0.345 e. The van der Waals surface area contributed by atoms with Crippen LogP contribution < -0.4 is 14.5 Å². The van der Waals surface area contributed by atoms with Gasteiger partial charge in [0.2, 0.25) is 0 Å². The number of hydrogen-bond donors (Lipinski definition) is 0. The van der Waals surface area contributed by atoms with E-state index in [4.69, 9.17) is 32.9 Å². The van der Waals surface area contributed by atoms with Crippen LogP contribution in [0.3, 0.4) is 0 Å². The van der Waals surface area contributed by atoms with Crippen molar-refractivity contribution in [2.45, 2.75) is 0 Å². The molecule has 1 saturated heterocycles. The fourth-order valence-electron chi connectivity index (χ4n) is 3.70. The zero-order valence-electron chi connectivity index (χ0n) is 17.0. The molecule has 2 heterocycles. The second kappa shape index (κ2) is 8.98. The first-order valence-electron chi connectivity index (χ1n) is 10.2. The van der Waals surface area contributed by atoms with Crippen LogP contribution in [-0.4, -0.2) is 37.1 Å². The van der Waals surface area contributed by atoms with Gasteiger partial charge in [-0.25, -0.2) is 9.78 Å². The number of halogens is 2. The molecule has 1 fully saturated rings. The van der Waals surface area contributed by atoms with Crippen LogP contribution in [0.4, 0.5) is 10.8 Å². The Labute approximate surface area is 199 Å². The van der Waals surface area contributed by atoms with Crippen LogP contribution in [0.5, 0.6) is 5.75 Å². The van der Waals surface area contributed by atoms with Crippen LogP contribution in [0.15, 0.2) is 66.7 Å². The maximum Gasteiger partial charge on any atom is 0.345 e. The number of ether oxygens (including phenoxy) is 1. The Kier molecular flexibility index (Phi) is 5.91. The van der Waals surface area contributed by atoms with E-state index in [0.29, 0.717) is 10.8 Å². The van der Waals surface area contributed by atoms with Crippen LogP contribution in [0.2, 0.25) is 10.0 Å². The Hall–Kier alpha value is -2.80. The van der Waals surface area contributed by atoms with Gasteiger partial charge >= 0.3 is 5.97 Å². The van der Waals surface area contributed by atoms with Crippen molar-refractivity contribution in [3.8, 4) is 5.75 Å².